The number of nitrogens with two attached hydrogens (primary N) is 1. The number of likely N-dealkylation sites (N-methyl/N-ethyl adjacent to an activating group) is 1. The quantitative estimate of drug-likeness (QED) is 0.807. The summed E-state index contributed by atoms with van der Waals surface area (Å²) in [6.07, 6.45) is 0. The Labute approximate surface area is 103 Å². The number of sulfonamides is 1. The molecule has 4 nitrogen and oxygen atoms in total. The molecule has 1 rings (SSSR count). The lowest BCUT2D eigenvalue weighted by Crippen LogP contribution is -2.28. The van der Waals surface area contributed by atoms with Crippen molar-refractivity contribution in [2.45, 2.75) is 18.4 Å². The molecule has 0 spiro atoms. The van der Waals surface area contributed by atoms with Crippen LogP contribution in [0.5, 0.6) is 0 Å². The van der Waals surface area contributed by atoms with Gasteiger partial charge in [0.2, 0.25) is 10.0 Å². The maximum absolute atomic E-state index is 12.2. The lowest BCUT2D eigenvalue weighted by molar-refractivity contribution is 0.493. The van der Waals surface area contributed by atoms with Gasteiger partial charge in [0.25, 0.3) is 0 Å². The molecular formula is C12H18N2O2S. The van der Waals surface area contributed by atoms with Crippen LogP contribution in [0.4, 0.5) is 0 Å². The van der Waals surface area contributed by atoms with E-state index < -0.39 is 10.0 Å². The summed E-state index contributed by atoms with van der Waals surface area (Å²) in [4.78, 5) is 0.268. The second-order valence-electron chi connectivity index (χ2n) is 4.07. The van der Waals surface area contributed by atoms with E-state index in [1.807, 2.05) is 0 Å². The van der Waals surface area contributed by atoms with Gasteiger partial charge in [-0.15, -0.1) is 0 Å². The zero-order chi connectivity index (χ0) is 13.1. The molecule has 0 bridgehead atoms. The first-order valence-electron chi connectivity index (χ1n) is 5.27. The smallest absolute Gasteiger partial charge is 0.243 e. The average Bonchev–Trinajstić information content (AvgIpc) is 2.28. The van der Waals surface area contributed by atoms with Crippen LogP contribution in [0.15, 0.2) is 41.3 Å². The summed E-state index contributed by atoms with van der Waals surface area (Å²) < 4.78 is 25.6. The van der Waals surface area contributed by atoms with Gasteiger partial charge in [-0.25, -0.2) is 8.42 Å². The monoisotopic (exact) mass is 254 g/mol. The van der Waals surface area contributed by atoms with E-state index >= 15 is 0 Å². The third-order valence-electron chi connectivity index (χ3n) is 2.33. The summed E-state index contributed by atoms with van der Waals surface area (Å²) in [6.45, 7) is 6.15. The van der Waals surface area contributed by atoms with Crippen LogP contribution in [0.2, 0.25) is 0 Å². The van der Waals surface area contributed by atoms with E-state index in [1.54, 1.807) is 38.2 Å². The van der Waals surface area contributed by atoms with Gasteiger partial charge < -0.3 is 5.73 Å². The molecule has 0 amide bonds. The van der Waals surface area contributed by atoms with E-state index in [1.165, 1.54) is 4.31 Å². The molecule has 5 heteroatoms. The summed E-state index contributed by atoms with van der Waals surface area (Å²) in [6, 6.07) is 6.68. The minimum Gasteiger partial charge on any atom is -0.326 e. The molecule has 0 unspecified atom stereocenters. The summed E-state index contributed by atoms with van der Waals surface area (Å²) in [5.41, 5.74) is 7.09. The van der Waals surface area contributed by atoms with Crippen molar-refractivity contribution < 1.29 is 8.42 Å². The number of rotatable bonds is 5. The van der Waals surface area contributed by atoms with Crippen LogP contribution in [0.3, 0.4) is 0 Å². The molecule has 0 fully saturated rings. The van der Waals surface area contributed by atoms with Gasteiger partial charge in [0.05, 0.1) is 4.90 Å². The second kappa shape index (κ2) is 5.44. The normalized spacial score (nSPS) is 11.8. The Morgan fingerprint density at radius 2 is 2.12 bits per heavy atom. The summed E-state index contributed by atoms with van der Waals surface area (Å²) >= 11 is 0. The number of hydrogen-bond acceptors (Lipinski definition) is 3. The molecule has 94 valence electrons. The predicted molar refractivity (Wildman–Crippen MR) is 69.0 cm³/mol. The first-order valence-corrected chi connectivity index (χ1v) is 6.71. The average molecular weight is 254 g/mol. The number of hydrogen-bond donors (Lipinski definition) is 1. The molecule has 1 aromatic rings. The Morgan fingerprint density at radius 1 is 1.47 bits per heavy atom. The largest absolute Gasteiger partial charge is 0.326 e. The Bertz CT molecular complexity index is 509. The summed E-state index contributed by atoms with van der Waals surface area (Å²) in [5.74, 6) is 0. The fourth-order valence-corrected chi connectivity index (χ4v) is 2.78. The molecule has 2 N–H and O–H groups in total. The molecule has 0 saturated carbocycles. The topological polar surface area (TPSA) is 63.4 Å². The van der Waals surface area contributed by atoms with E-state index in [9.17, 15) is 8.42 Å². The standard InChI is InChI=1S/C12H18N2O2S/c1-10(2)9-14(3)17(15,16)12-6-4-5-11(7-12)8-13/h4-7H,1,8-9,13H2,2-3H3. The highest BCUT2D eigenvalue weighted by Gasteiger charge is 2.20. The van der Waals surface area contributed by atoms with E-state index in [2.05, 4.69) is 6.58 Å². The number of benzene rings is 1. The van der Waals surface area contributed by atoms with Crippen molar-refractivity contribution in [3.05, 3.63) is 42.0 Å². The molecule has 0 atom stereocenters. The summed E-state index contributed by atoms with van der Waals surface area (Å²) in [7, 11) is -1.91. The Hall–Kier alpha value is -1.17. The van der Waals surface area contributed by atoms with Crippen molar-refractivity contribution in [3.8, 4) is 0 Å². The minimum absolute atomic E-state index is 0.268. The Balaban J connectivity index is 3.08. The van der Waals surface area contributed by atoms with E-state index in [0.29, 0.717) is 13.1 Å². The van der Waals surface area contributed by atoms with Gasteiger partial charge in [-0.2, -0.15) is 4.31 Å². The molecule has 0 aliphatic rings. The van der Waals surface area contributed by atoms with Gasteiger partial charge >= 0.3 is 0 Å². The zero-order valence-corrected chi connectivity index (χ0v) is 11.0. The van der Waals surface area contributed by atoms with Gasteiger partial charge in [0.1, 0.15) is 0 Å². The summed E-state index contributed by atoms with van der Waals surface area (Å²) in [5, 5.41) is 0. The molecule has 0 aromatic heterocycles. The van der Waals surface area contributed by atoms with Crippen molar-refractivity contribution >= 4 is 10.0 Å². The molecule has 0 saturated heterocycles. The minimum atomic E-state index is -3.45. The van der Waals surface area contributed by atoms with Crippen LogP contribution in [-0.4, -0.2) is 26.3 Å². The lowest BCUT2D eigenvalue weighted by Gasteiger charge is -2.17. The first-order chi connectivity index (χ1) is 7.87. The Morgan fingerprint density at radius 3 is 2.65 bits per heavy atom. The molecule has 1 aromatic carbocycles. The van der Waals surface area contributed by atoms with Crippen LogP contribution in [-0.2, 0) is 16.6 Å². The highest BCUT2D eigenvalue weighted by Crippen LogP contribution is 2.16. The highest BCUT2D eigenvalue weighted by molar-refractivity contribution is 7.89. The maximum Gasteiger partial charge on any atom is 0.243 e. The molecule has 0 radical (unpaired) electrons. The third-order valence-corrected chi connectivity index (χ3v) is 4.13. The van der Waals surface area contributed by atoms with Crippen LogP contribution in [0.1, 0.15) is 12.5 Å². The van der Waals surface area contributed by atoms with Gasteiger partial charge in [-0.05, 0) is 24.6 Å². The van der Waals surface area contributed by atoms with Crippen LogP contribution in [0, 0.1) is 0 Å². The Kier molecular flexibility index (Phi) is 4.45. The van der Waals surface area contributed by atoms with Crippen LogP contribution < -0.4 is 5.73 Å². The van der Waals surface area contributed by atoms with Crippen molar-refractivity contribution in [1.29, 1.82) is 0 Å². The molecule has 0 aliphatic heterocycles. The maximum atomic E-state index is 12.2. The van der Waals surface area contributed by atoms with Gasteiger partial charge in [0, 0.05) is 20.1 Å². The number of nitrogens with zero attached hydrogens (tertiary/aromatic N) is 1. The van der Waals surface area contributed by atoms with E-state index in [4.69, 9.17) is 5.73 Å². The fraction of sp³-hybridized carbons (Fsp3) is 0.333. The third kappa shape index (κ3) is 3.39. The highest BCUT2D eigenvalue weighted by atomic mass is 32.2. The van der Waals surface area contributed by atoms with Gasteiger partial charge in [-0.3, -0.25) is 0 Å². The second-order valence-corrected chi connectivity index (χ2v) is 6.11. The van der Waals surface area contributed by atoms with Crippen LogP contribution >= 0.6 is 0 Å². The van der Waals surface area contributed by atoms with Gasteiger partial charge in [0.15, 0.2) is 0 Å². The zero-order valence-electron chi connectivity index (χ0n) is 10.2. The van der Waals surface area contributed by atoms with Crippen molar-refractivity contribution in [3.63, 3.8) is 0 Å². The predicted octanol–water partition coefficient (Wildman–Crippen LogP) is 1.34. The molecule has 0 heterocycles. The van der Waals surface area contributed by atoms with E-state index in [-0.39, 0.29) is 4.90 Å². The van der Waals surface area contributed by atoms with Crippen molar-refractivity contribution in [2.75, 3.05) is 13.6 Å². The molecule has 0 aliphatic carbocycles. The lowest BCUT2D eigenvalue weighted by atomic mass is 10.2. The van der Waals surface area contributed by atoms with E-state index in [0.717, 1.165) is 11.1 Å². The van der Waals surface area contributed by atoms with Crippen LogP contribution in [0.25, 0.3) is 0 Å². The fourth-order valence-electron chi connectivity index (χ4n) is 1.48. The van der Waals surface area contributed by atoms with Gasteiger partial charge in [-0.1, -0.05) is 24.3 Å². The molecular weight excluding hydrogens is 236 g/mol. The van der Waals surface area contributed by atoms with Crippen molar-refractivity contribution in [1.82, 2.24) is 4.31 Å². The molecule has 17 heavy (non-hydrogen) atoms. The van der Waals surface area contributed by atoms with Crippen molar-refractivity contribution in [2.24, 2.45) is 5.73 Å². The SMILES string of the molecule is C=C(C)CN(C)S(=O)(=O)c1cccc(CN)c1. The first kappa shape index (κ1) is 13.9.